The Labute approximate surface area is 169 Å². The van der Waals surface area contributed by atoms with E-state index in [-0.39, 0.29) is 12.3 Å². The molecule has 0 saturated carbocycles. The smallest absolute Gasteiger partial charge is 0.228 e. The monoisotopic (exact) mass is 386 g/mol. The number of para-hydroxylation sites is 1. The largest absolute Gasteiger partial charge is 0.369 e. The highest BCUT2D eigenvalue weighted by Crippen LogP contribution is 2.33. The highest BCUT2D eigenvalue weighted by Gasteiger charge is 2.20. The molecule has 1 fully saturated rings. The summed E-state index contributed by atoms with van der Waals surface area (Å²) in [5, 5.41) is 9.60. The average molecular weight is 386 g/mol. The molecule has 2 aromatic carbocycles. The second-order valence-corrected chi connectivity index (χ2v) is 7.25. The molecule has 7 nitrogen and oxygen atoms in total. The highest BCUT2D eigenvalue weighted by atomic mass is 16.1. The first-order valence-corrected chi connectivity index (χ1v) is 9.84. The first-order chi connectivity index (χ1) is 14.3. The van der Waals surface area contributed by atoms with E-state index in [9.17, 15) is 4.79 Å². The van der Waals surface area contributed by atoms with Gasteiger partial charge < -0.3 is 20.9 Å². The van der Waals surface area contributed by atoms with Gasteiger partial charge in [0.25, 0.3) is 0 Å². The normalized spacial score (nSPS) is 15.7. The molecule has 29 heavy (non-hydrogen) atoms. The topological polar surface area (TPSA) is 82.2 Å². The lowest BCUT2D eigenvalue weighted by molar-refractivity contribution is -0.115. The Bertz CT molecular complexity index is 1040. The summed E-state index contributed by atoms with van der Waals surface area (Å²) in [5.74, 6) is 0.465. The van der Waals surface area contributed by atoms with E-state index in [1.165, 1.54) is 5.69 Å². The minimum Gasteiger partial charge on any atom is -0.369 e. The van der Waals surface area contributed by atoms with E-state index in [0.29, 0.717) is 5.95 Å². The lowest BCUT2D eigenvalue weighted by Crippen LogP contribution is -2.43. The van der Waals surface area contributed by atoms with Crippen molar-refractivity contribution in [2.24, 2.45) is 0 Å². The first kappa shape index (κ1) is 17.6. The Morgan fingerprint density at radius 1 is 1.00 bits per heavy atom. The average Bonchev–Trinajstić information content (AvgIpc) is 2.90. The van der Waals surface area contributed by atoms with Crippen LogP contribution in [0, 0.1) is 0 Å². The van der Waals surface area contributed by atoms with Gasteiger partial charge in [-0.2, -0.15) is 0 Å². The Hall–Kier alpha value is -3.45. The zero-order valence-corrected chi connectivity index (χ0v) is 16.0. The number of anilines is 4. The highest BCUT2D eigenvalue weighted by molar-refractivity contribution is 5.99. The molecule has 0 radical (unpaired) electrons. The molecule has 1 aromatic heterocycles. The second kappa shape index (κ2) is 7.52. The molecule has 0 spiro atoms. The molecule has 0 aliphatic carbocycles. The maximum atomic E-state index is 12.2. The summed E-state index contributed by atoms with van der Waals surface area (Å²) in [4.78, 5) is 23.7. The zero-order chi connectivity index (χ0) is 19.6. The third-order valence-electron chi connectivity index (χ3n) is 5.28. The number of piperazine rings is 1. The minimum atomic E-state index is -0.0518. The van der Waals surface area contributed by atoms with Crippen LogP contribution in [0.1, 0.15) is 5.56 Å². The Kier molecular flexibility index (Phi) is 4.57. The fourth-order valence-electron chi connectivity index (χ4n) is 3.80. The summed E-state index contributed by atoms with van der Waals surface area (Å²) < 4.78 is 0. The molecule has 0 bridgehead atoms. The molecule has 0 atom stereocenters. The maximum Gasteiger partial charge on any atom is 0.228 e. The van der Waals surface area contributed by atoms with Crippen molar-refractivity contribution < 1.29 is 4.79 Å². The number of amides is 1. The van der Waals surface area contributed by atoms with E-state index >= 15 is 0 Å². The Balaban J connectivity index is 1.41. The van der Waals surface area contributed by atoms with Gasteiger partial charge in [0, 0.05) is 54.9 Å². The standard InChI is InChI=1S/C22H22N6O/c29-20-13-15-14-24-22(27-21(15)18-3-1-2-4-19(18)26-20)25-16-5-7-17(8-6-16)28-11-9-23-10-12-28/h1-8,14,23H,9-13H2,(H,26,29)(H,24,25,27). The Morgan fingerprint density at radius 2 is 1.79 bits per heavy atom. The van der Waals surface area contributed by atoms with Gasteiger partial charge in [-0.1, -0.05) is 18.2 Å². The molecule has 0 unspecified atom stereocenters. The number of nitrogens with one attached hydrogen (secondary N) is 3. The van der Waals surface area contributed by atoms with Gasteiger partial charge in [-0.3, -0.25) is 4.79 Å². The van der Waals surface area contributed by atoms with Crippen LogP contribution in [-0.4, -0.2) is 42.1 Å². The SMILES string of the molecule is O=C1Cc2cnc(Nc3ccc(N4CCNCC4)cc3)nc2-c2ccccc2N1. The summed E-state index contributed by atoms with van der Waals surface area (Å²) in [6.45, 7) is 4.07. The molecule has 5 rings (SSSR count). The van der Waals surface area contributed by atoms with E-state index in [4.69, 9.17) is 4.98 Å². The number of rotatable bonds is 3. The lowest BCUT2D eigenvalue weighted by Gasteiger charge is -2.29. The first-order valence-electron chi connectivity index (χ1n) is 9.84. The summed E-state index contributed by atoms with van der Waals surface area (Å²) in [5.41, 5.74) is 5.45. The third kappa shape index (κ3) is 3.64. The molecule has 2 aliphatic heterocycles. The van der Waals surface area contributed by atoms with Crippen molar-refractivity contribution >= 4 is 28.9 Å². The van der Waals surface area contributed by atoms with Gasteiger partial charge in [0.15, 0.2) is 0 Å². The fourth-order valence-corrected chi connectivity index (χ4v) is 3.80. The molecular formula is C22H22N6O. The van der Waals surface area contributed by atoms with Crippen molar-refractivity contribution in [1.29, 1.82) is 0 Å². The molecule has 3 N–H and O–H groups in total. The van der Waals surface area contributed by atoms with Crippen LogP contribution in [0.2, 0.25) is 0 Å². The minimum absolute atomic E-state index is 0.0518. The summed E-state index contributed by atoms with van der Waals surface area (Å²) in [7, 11) is 0. The van der Waals surface area contributed by atoms with E-state index in [1.807, 2.05) is 36.4 Å². The van der Waals surface area contributed by atoms with E-state index in [2.05, 4.69) is 38.0 Å². The summed E-state index contributed by atoms with van der Waals surface area (Å²) >= 11 is 0. The van der Waals surface area contributed by atoms with E-state index in [1.54, 1.807) is 6.20 Å². The van der Waals surface area contributed by atoms with Gasteiger partial charge in [0.2, 0.25) is 11.9 Å². The molecule has 7 heteroatoms. The quantitative estimate of drug-likeness (QED) is 0.642. The number of benzene rings is 2. The van der Waals surface area contributed by atoms with Crippen molar-refractivity contribution in [3.8, 4) is 11.3 Å². The lowest BCUT2D eigenvalue weighted by atomic mass is 10.1. The van der Waals surface area contributed by atoms with Crippen LogP contribution in [0.4, 0.5) is 23.0 Å². The molecular weight excluding hydrogens is 364 g/mol. The number of hydrogen-bond donors (Lipinski definition) is 3. The van der Waals surface area contributed by atoms with Crippen LogP contribution in [0.3, 0.4) is 0 Å². The zero-order valence-electron chi connectivity index (χ0n) is 16.0. The predicted octanol–water partition coefficient (Wildman–Crippen LogP) is 2.79. The van der Waals surface area contributed by atoms with Crippen molar-refractivity contribution in [3.63, 3.8) is 0 Å². The Morgan fingerprint density at radius 3 is 2.62 bits per heavy atom. The number of hydrogen-bond acceptors (Lipinski definition) is 6. The van der Waals surface area contributed by atoms with Gasteiger partial charge in [0.1, 0.15) is 0 Å². The van der Waals surface area contributed by atoms with Crippen LogP contribution in [0.5, 0.6) is 0 Å². The van der Waals surface area contributed by atoms with E-state index < -0.39 is 0 Å². The molecule has 3 heterocycles. The van der Waals surface area contributed by atoms with Gasteiger partial charge >= 0.3 is 0 Å². The van der Waals surface area contributed by atoms with Crippen LogP contribution < -0.4 is 20.9 Å². The number of aromatic nitrogens is 2. The van der Waals surface area contributed by atoms with E-state index in [0.717, 1.165) is 54.4 Å². The van der Waals surface area contributed by atoms with Crippen LogP contribution >= 0.6 is 0 Å². The third-order valence-corrected chi connectivity index (χ3v) is 5.28. The van der Waals surface area contributed by atoms with Crippen molar-refractivity contribution in [3.05, 3.63) is 60.3 Å². The fraction of sp³-hybridized carbons (Fsp3) is 0.227. The number of nitrogens with zero attached hydrogens (tertiary/aromatic N) is 3. The maximum absolute atomic E-state index is 12.2. The molecule has 146 valence electrons. The number of carbonyl (C=O) groups excluding carboxylic acids is 1. The van der Waals surface area contributed by atoms with Crippen LogP contribution in [0.25, 0.3) is 11.3 Å². The molecule has 3 aromatic rings. The molecule has 1 saturated heterocycles. The van der Waals surface area contributed by atoms with Crippen LogP contribution in [-0.2, 0) is 11.2 Å². The summed E-state index contributed by atoms with van der Waals surface area (Å²) in [6.07, 6.45) is 2.01. The molecule has 1 amide bonds. The summed E-state index contributed by atoms with van der Waals surface area (Å²) in [6, 6.07) is 16.1. The second-order valence-electron chi connectivity index (χ2n) is 7.25. The van der Waals surface area contributed by atoms with Gasteiger partial charge in [-0.15, -0.1) is 0 Å². The van der Waals surface area contributed by atoms with Crippen molar-refractivity contribution in [2.45, 2.75) is 6.42 Å². The van der Waals surface area contributed by atoms with Crippen molar-refractivity contribution in [1.82, 2.24) is 15.3 Å². The van der Waals surface area contributed by atoms with Gasteiger partial charge in [0.05, 0.1) is 17.8 Å². The predicted molar refractivity (Wildman–Crippen MR) is 115 cm³/mol. The number of carbonyl (C=O) groups is 1. The van der Waals surface area contributed by atoms with Gasteiger partial charge in [-0.25, -0.2) is 9.97 Å². The number of fused-ring (bicyclic) bond motifs is 3. The van der Waals surface area contributed by atoms with Crippen LogP contribution in [0.15, 0.2) is 54.7 Å². The van der Waals surface area contributed by atoms with Gasteiger partial charge in [-0.05, 0) is 30.3 Å². The van der Waals surface area contributed by atoms with Crippen molar-refractivity contribution in [2.75, 3.05) is 41.7 Å². The molecule has 2 aliphatic rings.